The van der Waals surface area contributed by atoms with Crippen molar-refractivity contribution in [3.8, 4) is 0 Å². The molecule has 0 spiro atoms. The van der Waals surface area contributed by atoms with E-state index in [0.29, 0.717) is 13.2 Å². The average Bonchev–Trinajstić information content (AvgIpc) is 2.29. The summed E-state index contributed by atoms with van der Waals surface area (Å²) in [6.45, 7) is 6.67. The van der Waals surface area contributed by atoms with Crippen LogP contribution in [0.1, 0.15) is 52.9 Å². The van der Waals surface area contributed by atoms with Crippen LogP contribution < -0.4 is 5.32 Å². The van der Waals surface area contributed by atoms with Crippen molar-refractivity contribution in [3.63, 3.8) is 0 Å². The van der Waals surface area contributed by atoms with Gasteiger partial charge in [-0.15, -0.1) is 0 Å². The number of ether oxygens (including phenoxy) is 2. The molecule has 0 aliphatic heterocycles. The molecule has 1 N–H and O–H groups in total. The molecule has 0 bridgehead atoms. The molecule has 1 atom stereocenters. The van der Waals surface area contributed by atoms with Gasteiger partial charge in [-0.1, -0.05) is 26.7 Å². The molecule has 0 aromatic carbocycles. The number of rotatable bonds is 9. The molecule has 106 valence electrons. The quantitative estimate of drug-likeness (QED) is 0.510. The van der Waals surface area contributed by atoms with Crippen LogP contribution in [-0.2, 0) is 14.3 Å². The Balaban J connectivity index is 3.64. The highest BCUT2D eigenvalue weighted by molar-refractivity contribution is 5.72. The van der Waals surface area contributed by atoms with Gasteiger partial charge in [0.05, 0.1) is 19.6 Å². The minimum Gasteiger partial charge on any atom is -0.466 e. The SMILES string of the molecule is CCCCOC(=O)CC(C)NC(=O)OCCCC. The Kier molecular flexibility index (Phi) is 10.1. The van der Waals surface area contributed by atoms with Gasteiger partial charge in [0.25, 0.3) is 0 Å². The molecule has 0 fully saturated rings. The average molecular weight is 259 g/mol. The van der Waals surface area contributed by atoms with E-state index < -0.39 is 6.09 Å². The number of carbonyl (C=O) groups excluding carboxylic acids is 2. The Labute approximate surface area is 109 Å². The van der Waals surface area contributed by atoms with E-state index in [9.17, 15) is 9.59 Å². The lowest BCUT2D eigenvalue weighted by molar-refractivity contribution is -0.144. The van der Waals surface area contributed by atoms with E-state index in [2.05, 4.69) is 5.32 Å². The Morgan fingerprint density at radius 3 is 2.17 bits per heavy atom. The lowest BCUT2D eigenvalue weighted by atomic mass is 10.2. The molecule has 0 saturated carbocycles. The standard InChI is InChI=1S/C13H25NO4/c1-4-6-8-17-12(15)10-11(3)14-13(16)18-9-7-5-2/h11H,4-10H2,1-3H3,(H,14,16). The smallest absolute Gasteiger partial charge is 0.407 e. The second-order valence-corrected chi connectivity index (χ2v) is 4.31. The van der Waals surface area contributed by atoms with Crippen molar-refractivity contribution in [1.29, 1.82) is 0 Å². The van der Waals surface area contributed by atoms with E-state index in [4.69, 9.17) is 9.47 Å². The number of esters is 1. The van der Waals surface area contributed by atoms with E-state index in [1.165, 1.54) is 0 Å². The molecule has 0 aliphatic carbocycles. The predicted octanol–water partition coefficient (Wildman–Crippen LogP) is 2.63. The Morgan fingerprint density at radius 1 is 1.06 bits per heavy atom. The number of hydrogen-bond donors (Lipinski definition) is 1. The molecule has 0 saturated heterocycles. The Morgan fingerprint density at radius 2 is 1.61 bits per heavy atom. The zero-order valence-corrected chi connectivity index (χ0v) is 11.7. The lowest BCUT2D eigenvalue weighted by Crippen LogP contribution is -2.35. The normalized spacial score (nSPS) is 11.7. The number of alkyl carbamates (subject to hydrolysis) is 1. The summed E-state index contributed by atoms with van der Waals surface area (Å²) >= 11 is 0. The summed E-state index contributed by atoms with van der Waals surface area (Å²) in [5.41, 5.74) is 0. The van der Waals surface area contributed by atoms with Gasteiger partial charge in [0.15, 0.2) is 0 Å². The summed E-state index contributed by atoms with van der Waals surface area (Å²) in [5.74, 6) is -0.287. The molecule has 1 amide bonds. The molecule has 0 radical (unpaired) electrons. The van der Waals surface area contributed by atoms with Crippen molar-refractivity contribution < 1.29 is 19.1 Å². The second-order valence-electron chi connectivity index (χ2n) is 4.31. The number of nitrogens with one attached hydrogen (secondary N) is 1. The monoisotopic (exact) mass is 259 g/mol. The first kappa shape index (κ1) is 16.7. The van der Waals surface area contributed by atoms with Gasteiger partial charge >= 0.3 is 12.1 Å². The van der Waals surface area contributed by atoms with Crippen LogP contribution in [0.4, 0.5) is 4.79 Å². The summed E-state index contributed by atoms with van der Waals surface area (Å²) in [5, 5.41) is 2.60. The van der Waals surface area contributed by atoms with Crippen LogP contribution in [0.25, 0.3) is 0 Å². The highest BCUT2D eigenvalue weighted by atomic mass is 16.5. The first-order valence-corrected chi connectivity index (χ1v) is 6.69. The van der Waals surface area contributed by atoms with Gasteiger partial charge in [-0.05, 0) is 19.8 Å². The van der Waals surface area contributed by atoms with Crippen molar-refractivity contribution in [3.05, 3.63) is 0 Å². The molecule has 0 aromatic rings. The van der Waals surface area contributed by atoms with Crippen molar-refractivity contribution in [1.82, 2.24) is 5.32 Å². The fraction of sp³-hybridized carbons (Fsp3) is 0.846. The van der Waals surface area contributed by atoms with Gasteiger partial charge in [0, 0.05) is 6.04 Å². The summed E-state index contributed by atoms with van der Waals surface area (Å²) in [6, 6.07) is -0.270. The third-order valence-corrected chi connectivity index (χ3v) is 2.33. The molecule has 0 heterocycles. The van der Waals surface area contributed by atoms with E-state index in [0.717, 1.165) is 25.7 Å². The van der Waals surface area contributed by atoms with Gasteiger partial charge in [-0.3, -0.25) is 4.79 Å². The number of unbranched alkanes of at least 4 members (excludes halogenated alkanes) is 2. The maximum absolute atomic E-state index is 11.4. The van der Waals surface area contributed by atoms with E-state index in [1.54, 1.807) is 6.92 Å². The van der Waals surface area contributed by atoms with Crippen molar-refractivity contribution in [2.45, 2.75) is 58.9 Å². The third kappa shape index (κ3) is 9.93. The predicted molar refractivity (Wildman–Crippen MR) is 69.3 cm³/mol. The van der Waals surface area contributed by atoms with Crippen molar-refractivity contribution in [2.75, 3.05) is 13.2 Å². The summed E-state index contributed by atoms with van der Waals surface area (Å²) in [6.07, 6.45) is 3.38. The fourth-order valence-corrected chi connectivity index (χ4v) is 1.24. The van der Waals surface area contributed by atoms with Crippen LogP contribution in [0.3, 0.4) is 0 Å². The molecule has 0 rings (SSSR count). The Bertz CT molecular complexity index is 219. The minimum absolute atomic E-state index is 0.173. The van der Waals surface area contributed by atoms with Crippen molar-refractivity contribution in [2.24, 2.45) is 0 Å². The second kappa shape index (κ2) is 10.9. The van der Waals surface area contributed by atoms with Crippen LogP contribution in [0.15, 0.2) is 0 Å². The first-order valence-electron chi connectivity index (χ1n) is 6.69. The van der Waals surface area contributed by atoms with Gasteiger partial charge in [-0.25, -0.2) is 4.79 Å². The van der Waals surface area contributed by atoms with E-state index in [1.807, 2.05) is 13.8 Å². The maximum atomic E-state index is 11.4. The third-order valence-electron chi connectivity index (χ3n) is 2.33. The maximum Gasteiger partial charge on any atom is 0.407 e. The molecule has 0 aromatic heterocycles. The molecule has 5 heteroatoms. The summed E-state index contributed by atoms with van der Waals surface area (Å²) < 4.78 is 9.93. The lowest BCUT2D eigenvalue weighted by Gasteiger charge is -2.13. The number of amides is 1. The molecular weight excluding hydrogens is 234 g/mol. The van der Waals surface area contributed by atoms with E-state index in [-0.39, 0.29) is 18.4 Å². The van der Waals surface area contributed by atoms with Gasteiger partial charge in [0.2, 0.25) is 0 Å². The highest BCUT2D eigenvalue weighted by Gasteiger charge is 2.13. The zero-order chi connectivity index (χ0) is 13.8. The number of carbonyl (C=O) groups is 2. The molecule has 18 heavy (non-hydrogen) atoms. The summed E-state index contributed by atoms with van der Waals surface area (Å²) in [7, 11) is 0. The molecule has 1 unspecified atom stereocenters. The largest absolute Gasteiger partial charge is 0.466 e. The van der Waals surface area contributed by atoms with Crippen LogP contribution >= 0.6 is 0 Å². The first-order chi connectivity index (χ1) is 8.60. The van der Waals surface area contributed by atoms with Crippen LogP contribution in [-0.4, -0.2) is 31.3 Å². The fourth-order valence-electron chi connectivity index (χ4n) is 1.24. The van der Waals surface area contributed by atoms with Crippen LogP contribution in [0, 0.1) is 0 Å². The van der Waals surface area contributed by atoms with Crippen molar-refractivity contribution >= 4 is 12.1 Å². The molecule has 0 aliphatic rings. The van der Waals surface area contributed by atoms with Gasteiger partial charge < -0.3 is 14.8 Å². The zero-order valence-electron chi connectivity index (χ0n) is 11.7. The molecule has 5 nitrogen and oxygen atoms in total. The van der Waals surface area contributed by atoms with Crippen LogP contribution in [0.2, 0.25) is 0 Å². The Hall–Kier alpha value is -1.26. The number of hydrogen-bond acceptors (Lipinski definition) is 4. The van der Waals surface area contributed by atoms with Crippen LogP contribution in [0.5, 0.6) is 0 Å². The topological polar surface area (TPSA) is 64.6 Å². The molecular formula is C13H25NO4. The van der Waals surface area contributed by atoms with Gasteiger partial charge in [0.1, 0.15) is 0 Å². The van der Waals surface area contributed by atoms with E-state index >= 15 is 0 Å². The van der Waals surface area contributed by atoms with Gasteiger partial charge in [-0.2, -0.15) is 0 Å². The summed E-state index contributed by atoms with van der Waals surface area (Å²) in [4.78, 5) is 22.6. The minimum atomic E-state index is -0.475. The highest BCUT2D eigenvalue weighted by Crippen LogP contribution is 1.97.